The maximum absolute atomic E-state index is 12.4. The molecule has 0 spiro atoms. The molecule has 1 aliphatic carbocycles. The molecular weight excluding hydrogens is 372 g/mol. The number of nitrogens with zero attached hydrogens (tertiary/aromatic N) is 1. The maximum Gasteiger partial charge on any atom is 0.240 e. The zero-order valence-corrected chi connectivity index (χ0v) is 15.0. The van der Waals surface area contributed by atoms with Crippen LogP contribution in [0, 0.1) is 11.8 Å². The summed E-state index contributed by atoms with van der Waals surface area (Å²) in [5.41, 5.74) is 0.962. The first kappa shape index (κ1) is 16.9. The van der Waals surface area contributed by atoms with Crippen LogP contribution in [0.3, 0.4) is 0 Å². The molecule has 3 amide bonds. The molecule has 1 aromatic carbocycles. The van der Waals surface area contributed by atoms with E-state index in [-0.39, 0.29) is 42.1 Å². The predicted octanol–water partition coefficient (Wildman–Crippen LogP) is 2.58. The van der Waals surface area contributed by atoms with Gasteiger partial charge in [-0.2, -0.15) is 0 Å². The lowest BCUT2D eigenvalue weighted by Crippen LogP contribution is -2.41. The number of carbonyl (C=O) groups is 3. The van der Waals surface area contributed by atoms with Gasteiger partial charge in [0.2, 0.25) is 17.7 Å². The minimum absolute atomic E-state index is 0.192. The fourth-order valence-electron chi connectivity index (χ4n) is 3.29. The van der Waals surface area contributed by atoms with Crippen molar-refractivity contribution in [3.8, 4) is 0 Å². The van der Waals surface area contributed by atoms with Crippen LogP contribution >= 0.6 is 15.9 Å². The average Bonchev–Trinajstić information content (AvgIpc) is 2.81. The molecule has 3 atom stereocenters. The van der Waals surface area contributed by atoms with Gasteiger partial charge in [-0.25, -0.2) is 0 Å². The van der Waals surface area contributed by atoms with E-state index in [0.717, 1.165) is 14.9 Å². The number of fused-ring (bicyclic) bond motifs is 1. The van der Waals surface area contributed by atoms with Gasteiger partial charge in [-0.1, -0.05) is 40.2 Å². The highest BCUT2D eigenvalue weighted by Crippen LogP contribution is 2.34. The van der Waals surface area contributed by atoms with Gasteiger partial charge < -0.3 is 5.32 Å². The molecule has 126 valence electrons. The molecule has 0 bridgehead atoms. The fraction of sp³-hybridized carbons (Fsp3) is 0.389. The maximum atomic E-state index is 12.4. The lowest BCUT2D eigenvalue weighted by Gasteiger charge is -2.18. The average molecular weight is 391 g/mol. The molecule has 3 rings (SSSR count). The van der Waals surface area contributed by atoms with Gasteiger partial charge in [0, 0.05) is 4.47 Å². The topological polar surface area (TPSA) is 66.5 Å². The van der Waals surface area contributed by atoms with Crippen molar-refractivity contribution in [1.82, 2.24) is 10.2 Å². The highest BCUT2D eigenvalue weighted by Gasteiger charge is 2.47. The highest BCUT2D eigenvalue weighted by molar-refractivity contribution is 9.10. The van der Waals surface area contributed by atoms with Crippen LogP contribution in [-0.4, -0.2) is 29.2 Å². The minimum atomic E-state index is -0.321. The van der Waals surface area contributed by atoms with E-state index in [1.807, 2.05) is 43.3 Å². The highest BCUT2D eigenvalue weighted by atomic mass is 79.9. The number of rotatable bonds is 4. The Kier molecular flexibility index (Phi) is 4.85. The summed E-state index contributed by atoms with van der Waals surface area (Å²) in [7, 11) is 0. The van der Waals surface area contributed by atoms with Crippen LogP contribution in [0.4, 0.5) is 0 Å². The van der Waals surface area contributed by atoms with Gasteiger partial charge in [0.1, 0.15) is 6.54 Å². The Labute approximate surface area is 149 Å². The second kappa shape index (κ2) is 6.89. The number of allylic oxidation sites excluding steroid dienone is 2. The number of imide groups is 1. The third-order valence-electron chi connectivity index (χ3n) is 4.65. The Balaban J connectivity index is 1.61. The summed E-state index contributed by atoms with van der Waals surface area (Å²) in [4.78, 5) is 38.1. The van der Waals surface area contributed by atoms with Crippen LogP contribution in [0.1, 0.15) is 31.4 Å². The standard InChI is InChI=1S/C18H19BrN2O3/c1-11(12-6-8-13(19)9-7-12)20-16(22)10-21-17(23)14-4-2-3-5-15(14)18(21)24/h2-3,6-9,11,14-15H,4-5,10H2,1H3,(H,20,22). The number of carbonyl (C=O) groups excluding carboxylic acids is 3. The Morgan fingerprint density at radius 1 is 1.17 bits per heavy atom. The second-order valence-electron chi connectivity index (χ2n) is 6.26. The fourth-order valence-corrected chi connectivity index (χ4v) is 3.55. The normalized spacial score (nSPS) is 24.0. The summed E-state index contributed by atoms with van der Waals surface area (Å²) >= 11 is 3.37. The summed E-state index contributed by atoms with van der Waals surface area (Å²) in [6.07, 6.45) is 5.04. The summed E-state index contributed by atoms with van der Waals surface area (Å²) < 4.78 is 0.967. The monoisotopic (exact) mass is 390 g/mol. The molecule has 0 saturated carbocycles. The molecule has 6 heteroatoms. The molecular formula is C18H19BrN2O3. The van der Waals surface area contributed by atoms with Crippen molar-refractivity contribution in [3.05, 3.63) is 46.5 Å². The quantitative estimate of drug-likeness (QED) is 0.634. The van der Waals surface area contributed by atoms with Crippen molar-refractivity contribution in [2.45, 2.75) is 25.8 Å². The zero-order chi connectivity index (χ0) is 17.3. The van der Waals surface area contributed by atoms with Gasteiger partial charge in [0.05, 0.1) is 17.9 Å². The van der Waals surface area contributed by atoms with E-state index in [9.17, 15) is 14.4 Å². The van der Waals surface area contributed by atoms with E-state index in [2.05, 4.69) is 21.2 Å². The SMILES string of the molecule is CC(NC(=O)CN1C(=O)C2CC=CCC2C1=O)c1ccc(Br)cc1. The number of nitrogens with one attached hydrogen (secondary N) is 1. The van der Waals surface area contributed by atoms with Crippen LogP contribution in [0.15, 0.2) is 40.9 Å². The molecule has 1 N–H and O–H groups in total. The third kappa shape index (κ3) is 3.29. The van der Waals surface area contributed by atoms with Crippen LogP contribution in [0.5, 0.6) is 0 Å². The molecule has 1 aliphatic heterocycles. The van der Waals surface area contributed by atoms with Crippen molar-refractivity contribution in [2.24, 2.45) is 11.8 Å². The van der Waals surface area contributed by atoms with E-state index in [0.29, 0.717) is 12.8 Å². The first-order valence-corrected chi connectivity index (χ1v) is 8.81. The largest absolute Gasteiger partial charge is 0.348 e. The molecule has 24 heavy (non-hydrogen) atoms. The number of amides is 3. The summed E-state index contributed by atoms with van der Waals surface area (Å²) in [6, 6.07) is 7.46. The van der Waals surface area contributed by atoms with Crippen LogP contribution < -0.4 is 5.32 Å². The van der Waals surface area contributed by atoms with Crippen molar-refractivity contribution >= 4 is 33.7 Å². The van der Waals surface area contributed by atoms with Crippen molar-refractivity contribution in [1.29, 1.82) is 0 Å². The van der Waals surface area contributed by atoms with Crippen LogP contribution in [0.2, 0.25) is 0 Å². The van der Waals surface area contributed by atoms with Crippen molar-refractivity contribution < 1.29 is 14.4 Å². The van der Waals surface area contributed by atoms with Crippen LogP contribution in [0.25, 0.3) is 0 Å². The number of halogens is 1. The molecule has 0 aromatic heterocycles. The van der Waals surface area contributed by atoms with Gasteiger partial charge in [0.25, 0.3) is 0 Å². The molecule has 1 saturated heterocycles. The lowest BCUT2D eigenvalue weighted by molar-refractivity contribution is -0.143. The predicted molar refractivity (Wildman–Crippen MR) is 92.8 cm³/mol. The first-order valence-electron chi connectivity index (χ1n) is 8.02. The van der Waals surface area contributed by atoms with Gasteiger partial charge in [0.15, 0.2) is 0 Å². The Morgan fingerprint density at radius 2 is 1.71 bits per heavy atom. The molecule has 2 aliphatic rings. The lowest BCUT2D eigenvalue weighted by atomic mass is 9.85. The van der Waals surface area contributed by atoms with Gasteiger partial charge >= 0.3 is 0 Å². The smallest absolute Gasteiger partial charge is 0.240 e. The molecule has 5 nitrogen and oxygen atoms in total. The van der Waals surface area contributed by atoms with Gasteiger partial charge in [-0.3, -0.25) is 19.3 Å². The first-order chi connectivity index (χ1) is 11.5. The Morgan fingerprint density at radius 3 is 2.25 bits per heavy atom. The minimum Gasteiger partial charge on any atom is -0.348 e. The molecule has 3 unspecified atom stereocenters. The van der Waals surface area contributed by atoms with Gasteiger partial charge in [-0.15, -0.1) is 0 Å². The van der Waals surface area contributed by atoms with E-state index >= 15 is 0 Å². The van der Waals surface area contributed by atoms with Crippen LogP contribution in [-0.2, 0) is 14.4 Å². The Bertz CT molecular complexity index is 673. The zero-order valence-electron chi connectivity index (χ0n) is 13.4. The third-order valence-corrected chi connectivity index (χ3v) is 5.18. The number of benzene rings is 1. The number of hydrogen-bond acceptors (Lipinski definition) is 3. The van der Waals surface area contributed by atoms with Crippen molar-refractivity contribution in [2.75, 3.05) is 6.54 Å². The number of hydrogen-bond donors (Lipinski definition) is 1. The summed E-state index contributed by atoms with van der Waals surface area (Å²) in [5, 5.41) is 2.85. The summed E-state index contributed by atoms with van der Waals surface area (Å²) in [6.45, 7) is 1.67. The Hall–Kier alpha value is -1.95. The molecule has 1 aromatic rings. The van der Waals surface area contributed by atoms with Gasteiger partial charge in [-0.05, 0) is 37.5 Å². The van der Waals surface area contributed by atoms with E-state index in [4.69, 9.17) is 0 Å². The second-order valence-corrected chi connectivity index (χ2v) is 7.17. The van der Waals surface area contributed by atoms with E-state index < -0.39 is 0 Å². The van der Waals surface area contributed by atoms with Crippen molar-refractivity contribution in [3.63, 3.8) is 0 Å². The molecule has 1 fully saturated rings. The van der Waals surface area contributed by atoms with E-state index in [1.165, 1.54) is 0 Å². The number of likely N-dealkylation sites (tertiary alicyclic amines) is 1. The summed E-state index contributed by atoms with van der Waals surface area (Å²) in [5.74, 6) is -1.35. The molecule has 1 heterocycles. The molecule has 0 radical (unpaired) electrons. The van der Waals surface area contributed by atoms with E-state index in [1.54, 1.807) is 0 Å².